The number of aromatic nitrogens is 3. The molecule has 0 aliphatic heterocycles. The number of methoxy groups -OCH3 is 1. The summed E-state index contributed by atoms with van der Waals surface area (Å²) in [6.45, 7) is 4.30. The van der Waals surface area contributed by atoms with Gasteiger partial charge in [-0.15, -0.1) is 10.2 Å². The standard InChI is InChI=1S/C23H24ClN5O4S/c1-4-29-20(14(2)25-21(31)15-9-11-16(24)12-10-15)27-28-23(29)34-13-19(30)26-18-8-6-5-7-17(18)22(32)33-3/h5-12,14H,4,13H2,1-3H3,(H,25,31)(H,26,30)/t14-/m1/s1. The molecule has 3 rings (SSSR count). The topological polar surface area (TPSA) is 115 Å². The number of hydrogen-bond donors (Lipinski definition) is 2. The minimum Gasteiger partial charge on any atom is -0.465 e. The smallest absolute Gasteiger partial charge is 0.339 e. The molecule has 0 unspecified atom stereocenters. The number of halogens is 1. The second kappa shape index (κ2) is 11.7. The quantitative estimate of drug-likeness (QED) is 0.337. The second-order valence-electron chi connectivity index (χ2n) is 7.16. The number of nitrogens with one attached hydrogen (secondary N) is 2. The monoisotopic (exact) mass is 501 g/mol. The molecule has 0 saturated carbocycles. The van der Waals surface area contributed by atoms with Crippen LogP contribution in [0.1, 0.15) is 46.4 Å². The van der Waals surface area contributed by atoms with Crippen LogP contribution in [0.15, 0.2) is 53.7 Å². The van der Waals surface area contributed by atoms with Gasteiger partial charge in [0.05, 0.1) is 30.2 Å². The van der Waals surface area contributed by atoms with Crippen molar-refractivity contribution in [3.05, 3.63) is 70.5 Å². The van der Waals surface area contributed by atoms with Crippen LogP contribution < -0.4 is 10.6 Å². The zero-order valence-corrected chi connectivity index (χ0v) is 20.4. The van der Waals surface area contributed by atoms with Crippen LogP contribution in [0.3, 0.4) is 0 Å². The van der Waals surface area contributed by atoms with Gasteiger partial charge in [0.2, 0.25) is 5.91 Å². The van der Waals surface area contributed by atoms with Gasteiger partial charge in [0.1, 0.15) is 0 Å². The Balaban J connectivity index is 1.64. The SMILES string of the molecule is CCn1c(SCC(=O)Nc2ccccc2C(=O)OC)nnc1[C@@H](C)NC(=O)c1ccc(Cl)cc1. The van der Waals surface area contributed by atoms with E-state index in [9.17, 15) is 14.4 Å². The molecule has 178 valence electrons. The molecule has 11 heteroatoms. The maximum absolute atomic E-state index is 12.5. The first-order valence-electron chi connectivity index (χ1n) is 10.4. The van der Waals surface area contributed by atoms with Gasteiger partial charge in [0, 0.05) is 17.1 Å². The number of carbonyl (C=O) groups is 3. The van der Waals surface area contributed by atoms with E-state index in [0.29, 0.717) is 33.8 Å². The van der Waals surface area contributed by atoms with E-state index in [-0.39, 0.29) is 23.1 Å². The lowest BCUT2D eigenvalue weighted by molar-refractivity contribution is -0.113. The molecule has 0 radical (unpaired) electrons. The molecule has 0 spiro atoms. The Hall–Kier alpha value is -3.37. The van der Waals surface area contributed by atoms with E-state index in [2.05, 4.69) is 20.8 Å². The van der Waals surface area contributed by atoms with Crippen LogP contribution in [0, 0.1) is 0 Å². The van der Waals surface area contributed by atoms with Crippen LogP contribution in [0.4, 0.5) is 5.69 Å². The number of rotatable bonds is 9. The molecule has 3 aromatic rings. The number of esters is 1. The van der Waals surface area contributed by atoms with Crippen LogP contribution in [0.2, 0.25) is 5.02 Å². The summed E-state index contributed by atoms with van der Waals surface area (Å²) in [5.74, 6) is -0.471. The summed E-state index contributed by atoms with van der Waals surface area (Å²) >= 11 is 7.09. The fourth-order valence-electron chi connectivity index (χ4n) is 3.17. The average Bonchev–Trinajstić information content (AvgIpc) is 3.26. The lowest BCUT2D eigenvalue weighted by atomic mass is 10.2. The van der Waals surface area contributed by atoms with Crippen molar-refractivity contribution in [1.29, 1.82) is 0 Å². The van der Waals surface area contributed by atoms with Crippen LogP contribution in [0.5, 0.6) is 0 Å². The average molecular weight is 502 g/mol. The first-order chi connectivity index (χ1) is 16.3. The van der Waals surface area contributed by atoms with Gasteiger partial charge in [-0.05, 0) is 50.2 Å². The van der Waals surface area contributed by atoms with Crippen LogP contribution in [-0.4, -0.2) is 45.4 Å². The van der Waals surface area contributed by atoms with E-state index in [0.717, 1.165) is 0 Å². The highest BCUT2D eigenvalue weighted by atomic mass is 35.5. The Bertz CT molecular complexity index is 1180. The Morgan fingerprint density at radius 3 is 2.50 bits per heavy atom. The molecule has 9 nitrogen and oxygen atoms in total. The molecule has 1 heterocycles. The van der Waals surface area contributed by atoms with Crippen molar-refractivity contribution in [2.24, 2.45) is 0 Å². The van der Waals surface area contributed by atoms with E-state index >= 15 is 0 Å². The first-order valence-corrected chi connectivity index (χ1v) is 11.8. The highest BCUT2D eigenvalue weighted by Gasteiger charge is 2.21. The number of ether oxygens (including phenoxy) is 1. The number of para-hydroxylation sites is 1. The van der Waals surface area contributed by atoms with Crippen molar-refractivity contribution in [1.82, 2.24) is 20.1 Å². The van der Waals surface area contributed by atoms with E-state index in [1.165, 1.54) is 18.9 Å². The molecule has 2 amide bonds. The summed E-state index contributed by atoms with van der Waals surface area (Å²) in [5.41, 5.74) is 1.13. The summed E-state index contributed by atoms with van der Waals surface area (Å²) in [7, 11) is 1.28. The number of hydrogen-bond acceptors (Lipinski definition) is 7. The summed E-state index contributed by atoms with van der Waals surface area (Å²) in [6, 6.07) is 12.8. The molecule has 0 aliphatic carbocycles. The van der Waals surface area contributed by atoms with Crippen molar-refractivity contribution in [2.45, 2.75) is 31.6 Å². The molecule has 2 aromatic carbocycles. The van der Waals surface area contributed by atoms with Gasteiger partial charge in [-0.1, -0.05) is 35.5 Å². The second-order valence-corrected chi connectivity index (χ2v) is 8.54. The van der Waals surface area contributed by atoms with Gasteiger partial charge >= 0.3 is 5.97 Å². The number of thioether (sulfide) groups is 1. The van der Waals surface area contributed by atoms with E-state index in [1.807, 2.05) is 18.4 Å². The predicted molar refractivity (Wildman–Crippen MR) is 130 cm³/mol. The number of amides is 2. The third kappa shape index (κ3) is 6.15. The maximum Gasteiger partial charge on any atom is 0.339 e. The molecule has 0 saturated heterocycles. The predicted octanol–water partition coefficient (Wildman–Crippen LogP) is 3.96. The third-order valence-corrected chi connectivity index (χ3v) is 6.06. The number of benzene rings is 2. The minimum absolute atomic E-state index is 0.0547. The molecular weight excluding hydrogens is 478 g/mol. The number of anilines is 1. The van der Waals surface area contributed by atoms with E-state index < -0.39 is 12.0 Å². The zero-order chi connectivity index (χ0) is 24.7. The maximum atomic E-state index is 12.5. The Kier molecular flexibility index (Phi) is 8.67. The summed E-state index contributed by atoms with van der Waals surface area (Å²) in [5, 5.41) is 15.1. The number of nitrogens with zero attached hydrogens (tertiary/aromatic N) is 3. The van der Waals surface area contributed by atoms with Crippen molar-refractivity contribution in [3.63, 3.8) is 0 Å². The van der Waals surface area contributed by atoms with E-state index in [1.54, 1.807) is 48.5 Å². The minimum atomic E-state index is -0.534. The lowest BCUT2D eigenvalue weighted by Gasteiger charge is -2.15. The van der Waals surface area contributed by atoms with Gasteiger partial charge in [0.15, 0.2) is 11.0 Å². The van der Waals surface area contributed by atoms with Crippen LogP contribution >= 0.6 is 23.4 Å². The lowest BCUT2D eigenvalue weighted by Crippen LogP contribution is -2.28. The number of carbonyl (C=O) groups excluding carboxylic acids is 3. The first kappa shape index (κ1) is 25.3. The largest absolute Gasteiger partial charge is 0.465 e. The van der Waals surface area contributed by atoms with Gasteiger partial charge < -0.3 is 19.9 Å². The van der Waals surface area contributed by atoms with Crippen molar-refractivity contribution in [3.8, 4) is 0 Å². The molecule has 34 heavy (non-hydrogen) atoms. The van der Waals surface area contributed by atoms with Crippen molar-refractivity contribution < 1.29 is 19.1 Å². The highest BCUT2D eigenvalue weighted by Crippen LogP contribution is 2.22. The zero-order valence-electron chi connectivity index (χ0n) is 18.9. The Morgan fingerprint density at radius 1 is 1.12 bits per heavy atom. The summed E-state index contributed by atoms with van der Waals surface area (Å²) < 4.78 is 6.59. The summed E-state index contributed by atoms with van der Waals surface area (Å²) in [4.78, 5) is 36.9. The normalized spacial score (nSPS) is 11.5. The molecular formula is C23H24ClN5O4S. The molecule has 1 aromatic heterocycles. The van der Waals surface area contributed by atoms with Crippen LogP contribution in [-0.2, 0) is 16.1 Å². The molecule has 1 atom stereocenters. The Morgan fingerprint density at radius 2 is 1.82 bits per heavy atom. The fourth-order valence-corrected chi connectivity index (χ4v) is 4.10. The van der Waals surface area contributed by atoms with Crippen molar-refractivity contribution >= 4 is 46.8 Å². The molecule has 2 N–H and O–H groups in total. The van der Waals surface area contributed by atoms with Gasteiger partial charge in [0.25, 0.3) is 5.91 Å². The van der Waals surface area contributed by atoms with Gasteiger partial charge in [-0.25, -0.2) is 4.79 Å². The highest BCUT2D eigenvalue weighted by molar-refractivity contribution is 7.99. The fraction of sp³-hybridized carbons (Fsp3) is 0.261. The molecule has 0 bridgehead atoms. The van der Waals surface area contributed by atoms with Crippen LogP contribution in [0.25, 0.3) is 0 Å². The summed E-state index contributed by atoms with van der Waals surface area (Å²) in [6.07, 6.45) is 0. The third-order valence-electron chi connectivity index (χ3n) is 4.84. The van der Waals surface area contributed by atoms with Crippen molar-refractivity contribution in [2.75, 3.05) is 18.2 Å². The van der Waals surface area contributed by atoms with Gasteiger partial charge in [-0.3, -0.25) is 9.59 Å². The molecule has 0 fully saturated rings. The Labute approximate surface area is 206 Å². The van der Waals surface area contributed by atoms with Gasteiger partial charge in [-0.2, -0.15) is 0 Å². The molecule has 0 aliphatic rings. The van der Waals surface area contributed by atoms with E-state index in [4.69, 9.17) is 16.3 Å².